The summed E-state index contributed by atoms with van der Waals surface area (Å²) in [6.07, 6.45) is -0.880. The standard InChI is InChI=1S/C32H36ClN3O9Si/c1-8-32(44-24(38)14-34-30(41)45-31(3,4)5)21-13-23-26-19(11-18-12-20(42-17(2)37)9-10-22(18)35-26)15-36(23)27(39)25(21)28(43-29(32)40)46(6,7)16-33/h9-13,28H,8,14-16H2,1-7H3,(H,34,41). The summed E-state index contributed by atoms with van der Waals surface area (Å²) in [5, 5.41) is 3.06. The molecule has 5 rings (SSSR count). The Kier molecular flexibility index (Phi) is 8.54. The summed E-state index contributed by atoms with van der Waals surface area (Å²) in [7, 11) is -2.60. The molecular weight excluding hydrogens is 634 g/mol. The number of nitrogens with zero attached hydrogens (tertiary/aromatic N) is 2. The van der Waals surface area contributed by atoms with Crippen molar-refractivity contribution in [2.45, 2.75) is 77.6 Å². The molecule has 0 fully saturated rings. The lowest BCUT2D eigenvalue weighted by atomic mass is 9.85. The predicted molar refractivity (Wildman–Crippen MR) is 171 cm³/mol. The van der Waals surface area contributed by atoms with E-state index in [2.05, 4.69) is 5.32 Å². The third kappa shape index (κ3) is 6.00. The fraction of sp³-hybridized carbons (Fsp3) is 0.438. The lowest BCUT2D eigenvalue weighted by Gasteiger charge is -2.42. The van der Waals surface area contributed by atoms with Crippen molar-refractivity contribution < 1.29 is 38.1 Å². The molecule has 2 aliphatic heterocycles. The first-order valence-corrected chi connectivity index (χ1v) is 18.7. The summed E-state index contributed by atoms with van der Waals surface area (Å²) in [6, 6.07) is 8.60. The molecule has 2 atom stereocenters. The van der Waals surface area contributed by atoms with E-state index in [9.17, 15) is 24.0 Å². The second kappa shape index (κ2) is 11.8. The number of halogens is 1. The number of cyclic esters (lactones) is 1. The van der Waals surface area contributed by atoms with Gasteiger partial charge in [0.1, 0.15) is 31.7 Å². The summed E-state index contributed by atoms with van der Waals surface area (Å²) in [6.45, 7) is 11.5. The van der Waals surface area contributed by atoms with Crippen LogP contribution in [0.2, 0.25) is 13.1 Å². The van der Waals surface area contributed by atoms with Crippen molar-refractivity contribution in [3.05, 3.63) is 57.4 Å². The Morgan fingerprint density at radius 3 is 2.52 bits per heavy atom. The molecule has 12 nitrogen and oxygen atoms in total. The minimum absolute atomic E-state index is 0.0492. The Labute approximate surface area is 271 Å². The van der Waals surface area contributed by atoms with Gasteiger partial charge in [0.2, 0.25) is 5.60 Å². The van der Waals surface area contributed by atoms with E-state index in [0.29, 0.717) is 28.0 Å². The molecule has 1 N–H and O–H groups in total. The number of ether oxygens (including phenoxy) is 4. The normalized spacial score (nSPS) is 18.6. The van der Waals surface area contributed by atoms with Gasteiger partial charge in [-0.05, 0) is 57.5 Å². The molecule has 2 aliphatic rings. The summed E-state index contributed by atoms with van der Waals surface area (Å²) >= 11 is 6.38. The second-order valence-electron chi connectivity index (χ2n) is 13.1. The number of carbonyl (C=O) groups is 4. The molecule has 46 heavy (non-hydrogen) atoms. The van der Waals surface area contributed by atoms with Gasteiger partial charge in [0, 0.05) is 28.9 Å². The van der Waals surface area contributed by atoms with E-state index in [1.807, 2.05) is 19.2 Å². The van der Waals surface area contributed by atoms with Gasteiger partial charge < -0.3 is 28.8 Å². The van der Waals surface area contributed by atoms with Gasteiger partial charge in [0.15, 0.2) is 0 Å². The van der Waals surface area contributed by atoms with Crippen molar-refractivity contribution in [3.8, 4) is 17.1 Å². The van der Waals surface area contributed by atoms with Crippen LogP contribution in [0.25, 0.3) is 22.3 Å². The lowest BCUT2D eigenvalue weighted by Crippen LogP contribution is -2.55. The van der Waals surface area contributed by atoms with Gasteiger partial charge in [-0.3, -0.25) is 14.4 Å². The van der Waals surface area contributed by atoms with Crippen molar-refractivity contribution in [1.82, 2.24) is 14.9 Å². The first-order valence-electron chi connectivity index (χ1n) is 14.9. The Morgan fingerprint density at radius 2 is 1.89 bits per heavy atom. The molecule has 0 saturated carbocycles. The Balaban J connectivity index is 1.62. The maximum Gasteiger partial charge on any atom is 0.408 e. The second-order valence-corrected chi connectivity index (χ2v) is 18.7. The van der Waals surface area contributed by atoms with Crippen LogP contribution in [-0.4, -0.2) is 59.3 Å². The molecule has 4 heterocycles. The molecule has 2 aromatic heterocycles. The number of alkyl halides is 1. The van der Waals surface area contributed by atoms with Crippen LogP contribution in [0.5, 0.6) is 5.75 Å². The van der Waals surface area contributed by atoms with Gasteiger partial charge >= 0.3 is 24.0 Å². The van der Waals surface area contributed by atoms with Crippen molar-refractivity contribution in [3.63, 3.8) is 0 Å². The number of amides is 1. The zero-order chi connectivity index (χ0) is 33.8. The van der Waals surface area contributed by atoms with Gasteiger partial charge in [-0.25, -0.2) is 14.6 Å². The molecule has 1 aromatic carbocycles. The monoisotopic (exact) mass is 669 g/mol. The predicted octanol–water partition coefficient (Wildman–Crippen LogP) is 4.65. The van der Waals surface area contributed by atoms with Gasteiger partial charge in [-0.2, -0.15) is 0 Å². The summed E-state index contributed by atoms with van der Waals surface area (Å²) in [4.78, 5) is 69.9. The largest absolute Gasteiger partial charge is 0.458 e. The van der Waals surface area contributed by atoms with E-state index in [1.54, 1.807) is 56.5 Å². The van der Waals surface area contributed by atoms with Crippen LogP contribution >= 0.6 is 11.6 Å². The molecule has 1 amide bonds. The van der Waals surface area contributed by atoms with E-state index in [0.717, 1.165) is 5.56 Å². The fourth-order valence-corrected chi connectivity index (χ4v) is 7.77. The number of aromatic nitrogens is 2. The van der Waals surface area contributed by atoms with Crippen molar-refractivity contribution in [2.24, 2.45) is 0 Å². The van der Waals surface area contributed by atoms with E-state index in [-0.39, 0.29) is 29.6 Å². The summed E-state index contributed by atoms with van der Waals surface area (Å²) in [5.41, 5.74) is -1.13. The molecule has 0 bridgehead atoms. The quantitative estimate of drug-likeness (QED) is 0.0968. The molecule has 3 aromatic rings. The molecular formula is C32H36ClN3O9Si. The highest BCUT2D eigenvalue weighted by molar-refractivity contribution is 6.84. The zero-order valence-corrected chi connectivity index (χ0v) is 28.5. The van der Waals surface area contributed by atoms with Crippen LogP contribution in [0.15, 0.2) is 35.1 Å². The van der Waals surface area contributed by atoms with E-state index < -0.39 is 61.1 Å². The minimum Gasteiger partial charge on any atom is -0.458 e. The van der Waals surface area contributed by atoms with Crippen LogP contribution in [0.3, 0.4) is 0 Å². The molecule has 0 saturated heterocycles. The number of rotatable bonds is 7. The van der Waals surface area contributed by atoms with Crippen LogP contribution in [0.1, 0.15) is 63.5 Å². The van der Waals surface area contributed by atoms with E-state index in [4.69, 9.17) is 35.5 Å². The van der Waals surface area contributed by atoms with Gasteiger partial charge in [0.25, 0.3) is 5.56 Å². The number of pyridine rings is 2. The topological polar surface area (TPSA) is 152 Å². The number of alkyl carbamates (subject to hydrolysis) is 1. The van der Waals surface area contributed by atoms with Gasteiger partial charge in [-0.15, -0.1) is 11.6 Å². The van der Waals surface area contributed by atoms with E-state index >= 15 is 0 Å². The van der Waals surface area contributed by atoms with Gasteiger partial charge in [-0.1, -0.05) is 20.0 Å². The van der Waals surface area contributed by atoms with Crippen LogP contribution in [0, 0.1) is 0 Å². The smallest absolute Gasteiger partial charge is 0.408 e. The summed E-state index contributed by atoms with van der Waals surface area (Å²) < 4.78 is 23.8. The highest BCUT2D eigenvalue weighted by Crippen LogP contribution is 2.46. The van der Waals surface area contributed by atoms with Crippen molar-refractivity contribution in [2.75, 3.05) is 12.0 Å². The fourth-order valence-electron chi connectivity index (χ4n) is 5.73. The number of hydrogen-bond donors (Lipinski definition) is 1. The van der Waals surface area contributed by atoms with Crippen molar-refractivity contribution in [1.29, 1.82) is 0 Å². The molecule has 0 spiro atoms. The highest BCUT2D eigenvalue weighted by atomic mass is 35.5. The first-order chi connectivity index (χ1) is 21.5. The maximum atomic E-state index is 14.4. The average molecular weight is 670 g/mol. The zero-order valence-electron chi connectivity index (χ0n) is 26.7. The van der Waals surface area contributed by atoms with Gasteiger partial charge in [0.05, 0.1) is 29.0 Å². The number of nitrogens with one attached hydrogen (secondary N) is 1. The van der Waals surface area contributed by atoms with E-state index in [1.165, 1.54) is 6.92 Å². The Hall–Kier alpha value is -4.23. The molecule has 2 unspecified atom stereocenters. The van der Waals surface area contributed by atoms with Crippen molar-refractivity contribution >= 4 is 54.6 Å². The number of carbonyl (C=O) groups excluding carboxylic acids is 4. The number of hydrogen-bond acceptors (Lipinski definition) is 10. The average Bonchev–Trinajstić information content (AvgIpc) is 3.32. The van der Waals surface area contributed by atoms with Crippen LogP contribution in [-0.2, 0) is 40.7 Å². The van der Waals surface area contributed by atoms with Crippen LogP contribution in [0.4, 0.5) is 4.79 Å². The lowest BCUT2D eigenvalue weighted by molar-refractivity contribution is -0.190. The number of benzene rings is 1. The molecule has 0 radical (unpaired) electrons. The Bertz CT molecular complexity index is 1850. The molecule has 0 aliphatic carbocycles. The SMILES string of the molecule is CCC1(OC(=O)CNC(=O)OC(C)(C)C)C(=O)OC([Si](C)(C)CCl)c2c1cc1n(c2=O)Cc2cc3cc(OC(C)=O)ccc3nc2-1. The maximum absolute atomic E-state index is 14.4. The first kappa shape index (κ1) is 33.1. The molecule has 14 heteroatoms. The number of fused-ring (bicyclic) bond motifs is 5. The minimum atomic E-state index is -2.60. The molecule has 244 valence electrons. The third-order valence-corrected chi connectivity index (χ3v) is 12.5. The highest BCUT2D eigenvalue weighted by Gasteiger charge is 2.56. The van der Waals surface area contributed by atoms with Crippen LogP contribution < -0.4 is 15.6 Å². The third-order valence-electron chi connectivity index (χ3n) is 7.90. The number of esters is 3. The Morgan fingerprint density at radius 1 is 1.17 bits per heavy atom. The summed E-state index contributed by atoms with van der Waals surface area (Å²) in [5.74, 6) is -1.83.